The van der Waals surface area contributed by atoms with Crippen molar-refractivity contribution in [3.63, 3.8) is 0 Å². The number of aryl methyl sites for hydroxylation is 1. The average molecular weight is 297 g/mol. The molecule has 2 atom stereocenters. The number of anilines is 1. The summed E-state index contributed by atoms with van der Waals surface area (Å²) in [7, 11) is 0. The lowest BCUT2D eigenvalue weighted by Gasteiger charge is -2.20. The fourth-order valence-electron chi connectivity index (χ4n) is 2.64. The van der Waals surface area contributed by atoms with Crippen LogP contribution in [0.2, 0.25) is 0 Å². The van der Waals surface area contributed by atoms with Crippen LogP contribution in [0.25, 0.3) is 0 Å². The molecule has 0 bridgehead atoms. The van der Waals surface area contributed by atoms with Gasteiger partial charge in [-0.3, -0.25) is 5.32 Å². The van der Waals surface area contributed by atoms with Crippen LogP contribution in [-0.4, -0.2) is 23.7 Å². The topological polar surface area (TPSA) is 63.2 Å². The summed E-state index contributed by atoms with van der Waals surface area (Å²) in [4.78, 5) is 16.4. The van der Waals surface area contributed by atoms with Crippen LogP contribution in [-0.2, 0) is 4.74 Å². The van der Waals surface area contributed by atoms with E-state index >= 15 is 0 Å². The third-order valence-electron chi connectivity index (χ3n) is 3.67. The Morgan fingerprint density at radius 3 is 2.77 bits per heavy atom. The summed E-state index contributed by atoms with van der Waals surface area (Å²) < 4.78 is 5.76. The van der Waals surface area contributed by atoms with Crippen LogP contribution in [0, 0.1) is 6.92 Å². The van der Waals surface area contributed by atoms with Crippen LogP contribution in [0.15, 0.2) is 48.5 Å². The Balaban J connectivity index is 1.63. The van der Waals surface area contributed by atoms with E-state index in [9.17, 15) is 4.79 Å². The van der Waals surface area contributed by atoms with Gasteiger partial charge in [0.15, 0.2) is 0 Å². The van der Waals surface area contributed by atoms with E-state index < -0.39 is 0 Å². The summed E-state index contributed by atoms with van der Waals surface area (Å²) >= 11 is 0. The number of carbonyl (C=O) groups excluding carboxylic acids is 1. The van der Waals surface area contributed by atoms with Crippen LogP contribution in [0.1, 0.15) is 23.8 Å². The number of carbonyl (C=O) groups is 1. The van der Waals surface area contributed by atoms with E-state index in [4.69, 9.17) is 4.74 Å². The smallest absolute Gasteiger partial charge is 0.320 e. The second-order valence-corrected chi connectivity index (χ2v) is 5.36. The summed E-state index contributed by atoms with van der Waals surface area (Å²) in [5.41, 5.74) is 1.95. The van der Waals surface area contributed by atoms with E-state index in [1.807, 2.05) is 49.4 Å². The molecule has 2 heterocycles. The second-order valence-electron chi connectivity index (χ2n) is 5.36. The first kappa shape index (κ1) is 14.5. The standard InChI is InChI=1S/C17H19N3O2/c1-12-6-5-9-15(18-12)20-17(21)19-14-10-11-22-16(14)13-7-3-2-4-8-13/h2-9,14,16H,10-11H2,1H3,(H2,18,19,20,21)/t14-,16+/m1/s1. The van der Waals surface area contributed by atoms with Gasteiger partial charge in [0, 0.05) is 12.3 Å². The maximum absolute atomic E-state index is 12.1. The first-order valence-electron chi connectivity index (χ1n) is 7.40. The quantitative estimate of drug-likeness (QED) is 0.915. The zero-order valence-electron chi connectivity index (χ0n) is 12.5. The van der Waals surface area contributed by atoms with Crippen molar-refractivity contribution in [2.45, 2.75) is 25.5 Å². The fourth-order valence-corrected chi connectivity index (χ4v) is 2.64. The van der Waals surface area contributed by atoms with Gasteiger partial charge >= 0.3 is 6.03 Å². The van der Waals surface area contributed by atoms with Crippen molar-refractivity contribution in [1.82, 2.24) is 10.3 Å². The molecule has 2 amide bonds. The number of pyridine rings is 1. The van der Waals surface area contributed by atoms with Crippen molar-refractivity contribution in [3.8, 4) is 0 Å². The van der Waals surface area contributed by atoms with E-state index in [2.05, 4.69) is 15.6 Å². The molecule has 1 aliphatic rings. The Kier molecular flexibility index (Phi) is 4.34. The normalized spacial score (nSPS) is 20.6. The van der Waals surface area contributed by atoms with Crippen molar-refractivity contribution < 1.29 is 9.53 Å². The minimum absolute atomic E-state index is 0.0350. The highest BCUT2D eigenvalue weighted by molar-refractivity contribution is 5.88. The molecule has 0 saturated carbocycles. The largest absolute Gasteiger partial charge is 0.371 e. The monoisotopic (exact) mass is 297 g/mol. The van der Waals surface area contributed by atoms with Crippen molar-refractivity contribution in [2.75, 3.05) is 11.9 Å². The van der Waals surface area contributed by atoms with Crippen molar-refractivity contribution in [2.24, 2.45) is 0 Å². The summed E-state index contributed by atoms with van der Waals surface area (Å²) in [5, 5.41) is 5.75. The van der Waals surface area contributed by atoms with Crippen LogP contribution in [0.5, 0.6) is 0 Å². The molecule has 0 aliphatic carbocycles. The second kappa shape index (κ2) is 6.58. The van der Waals surface area contributed by atoms with Gasteiger partial charge in [0.2, 0.25) is 0 Å². The molecule has 1 saturated heterocycles. The Morgan fingerprint density at radius 2 is 2.00 bits per heavy atom. The van der Waals surface area contributed by atoms with Gasteiger partial charge in [-0.25, -0.2) is 9.78 Å². The van der Waals surface area contributed by atoms with Crippen LogP contribution < -0.4 is 10.6 Å². The summed E-state index contributed by atoms with van der Waals surface area (Å²) in [5.74, 6) is 0.549. The Labute approximate surface area is 129 Å². The number of hydrogen-bond donors (Lipinski definition) is 2. The lowest BCUT2D eigenvalue weighted by molar-refractivity contribution is 0.100. The summed E-state index contributed by atoms with van der Waals surface area (Å²) in [6.45, 7) is 2.53. The molecule has 22 heavy (non-hydrogen) atoms. The number of ether oxygens (including phenoxy) is 1. The molecule has 0 radical (unpaired) electrons. The molecule has 1 aliphatic heterocycles. The van der Waals surface area contributed by atoms with E-state index in [0.29, 0.717) is 12.4 Å². The van der Waals surface area contributed by atoms with Crippen molar-refractivity contribution in [3.05, 3.63) is 59.8 Å². The van der Waals surface area contributed by atoms with E-state index in [1.54, 1.807) is 6.07 Å². The predicted octanol–water partition coefficient (Wildman–Crippen LogP) is 3.04. The molecule has 5 nitrogen and oxygen atoms in total. The molecule has 1 aromatic carbocycles. The summed E-state index contributed by atoms with van der Waals surface area (Å²) in [6, 6.07) is 15.2. The summed E-state index contributed by atoms with van der Waals surface area (Å²) in [6.07, 6.45) is 0.700. The van der Waals surface area contributed by atoms with Gasteiger partial charge in [-0.05, 0) is 31.0 Å². The molecule has 2 aromatic rings. The maximum atomic E-state index is 12.1. The third-order valence-corrected chi connectivity index (χ3v) is 3.67. The zero-order chi connectivity index (χ0) is 15.4. The number of rotatable bonds is 3. The molecule has 0 unspecified atom stereocenters. The first-order valence-corrected chi connectivity index (χ1v) is 7.40. The highest BCUT2D eigenvalue weighted by atomic mass is 16.5. The predicted molar refractivity (Wildman–Crippen MR) is 84.7 cm³/mol. The number of nitrogens with zero attached hydrogens (tertiary/aromatic N) is 1. The van der Waals surface area contributed by atoms with Gasteiger partial charge in [-0.15, -0.1) is 0 Å². The van der Waals surface area contributed by atoms with Gasteiger partial charge in [0.05, 0.1) is 6.04 Å². The van der Waals surface area contributed by atoms with Gasteiger partial charge in [-0.1, -0.05) is 36.4 Å². The Hall–Kier alpha value is -2.40. The third kappa shape index (κ3) is 3.43. The molecule has 114 valence electrons. The van der Waals surface area contributed by atoms with Crippen LogP contribution in [0.4, 0.5) is 10.6 Å². The number of hydrogen-bond acceptors (Lipinski definition) is 3. The Morgan fingerprint density at radius 1 is 1.18 bits per heavy atom. The molecule has 2 N–H and O–H groups in total. The fraction of sp³-hybridized carbons (Fsp3) is 0.294. The zero-order valence-corrected chi connectivity index (χ0v) is 12.5. The molecule has 3 rings (SSSR count). The number of urea groups is 1. The van der Waals surface area contributed by atoms with Crippen LogP contribution >= 0.6 is 0 Å². The van der Waals surface area contributed by atoms with Gasteiger partial charge < -0.3 is 10.1 Å². The van der Waals surface area contributed by atoms with Gasteiger partial charge in [0.1, 0.15) is 11.9 Å². The van der Waals surface area contributed by atoms with Crippen molar-refractivity contribution >= 4 is 11.8 Å². The van der Waals surface area contributed by atoms with Gasteiger partial charge in [0.25, 0.3) is 0 Å². The number of nitrogens with one attached hydrogen (secondary N) is 2. The molecule has 0 spiro atoms. The first-order chi connectivity index (χ1) is 10.7. The lowest BCUT2D eigenvalue weighted by Crippen LogP contribution is -2.39. The average Bonchev–Trinajstić information content (AvgIpc) is 2.96. The minimum atomic E-state index is -0.255. The van der Waals surface area contributed by atoms with Crippen molar-refractivity contribution in [1.29, 1.82) is 0 Å². The molecule has 5 heteroatoms. The van der Waals surface area contributed by atoms with Crippen LogP contribution in [0.3, 0.4) is 0 Å². The SMILES string of the molecule is Cc1cccc(NC(=O)N[C@@H]2CCO[C@H]2c2ccccc2)n1. The van der Waals surface area contributed by atoms with E-state index in [1.165, 1.54) is 0 Å². The highest BCUT2D eigenvalue weighted by Crippen LogP contribution is 2.28. The molecular formula is C17H19N3O2. The maximum Gasteiger partial charge on any atom is 0.320 e. The molecular weight excluding hydrogens is 278 g/mol. The number of amides is 2. The number of benzene rings is 1. The molecule has 1 aromatic heterocycles. The minimum Gasteiger partial charge on any atom is -0.371 e. The Bertz CT molecular complexity index is 645. The van der Waals surface area contributed by atoms with E-state index in [-0.39, 0.29) is 18.2 Å². The highest BCUT2D eigenvalue weighted by Gasteiger charge is 2.30. The number of aromatic nitrogens is 1. The van der Waals surface area contributed by atoms with E-state index in [0.717, 1.165) is 17.7 Å². The molecule has 1 fully saturated rings. The lowest BCUT2D eigenvalue weighted by atomic mass is 10.0. The van der Waals surface area contributed by atoms with Gasteiger partial charge in [-0.2, -0.15) is 0 Å².